The molecule has 0 rings (SSSR count). The van der Waals surface area contributed by atoms with Crippen LogP contribution in [0.25, 0.3) is 0 Å². The third kappa shape index (κ3) is 6.46. The number of amides is 1. The van der Waals surface area contributed by atoms with E-state index in [1.54, 1.807) is 11.8 Å². The number of hydrogen-bond donors (Lipinski definition) is 2. The molecule has 0 aliphatic carbocycles. The molecule has 120 valence electrons. The lowest BCUT2D eigenvalue weighted by Gasteiger charge is -2.40. The van der Waals surface area contributed by atoms with E-state index >= 15 is 0 Å². The zero-order valence-electron chi connectivity index (χ0n) is 14.0. The fourth-order valence-corrected chi connectivity index (χ4v) is 2.23. The van der Waals surface area contributed by atoms with Crippen molar-refractivity contribution >= 4 is 17.7 Å². The highest BCUT2D eigenvalue weighted by molar-refractivity contribution is 8.00. The van der Waals surface area contributed by atoms with Crippen LogP contribution in [-0.4, -0.2) is 41.0 Å². The van der Waals surface area contributed by atoms with Crippen LogP contribution in [0.2, 0.25) is 0 Å². The Bertz CT molecular complexity index is 314. The Morgan fingerprint density at radius 2 is 1.75 bits per heavy atom. The molecule has 5 heteroatoms. The van der Waals surface area contributed by atoms with Crippen molar-refractivity contribution in [3.05, 3.63) is 0 Å². The van der Waals surface area contributed by atoms with E-state index in [9.17, 15) is 4.79 Å². The number of carbonyl (C=O) groups is 1. The Labute approximate surface area is 128 Å². The van der Waals surface area contributed by atoms with Gasteiger partial charge in [-0.25, -0.2) is 0 Å². The second kappa shape index (κ2) is 7.66. The van der Waals surface area contributed by atoms with Gasteiger partial charge in [0, 0.05) is 17.8 Å². The molecule has 0 radical (unpaired) electrons. The van der Waals surface area contributed by atoms with E-state index in [1.807, 2.05) is 13.8 Å². The summed E-state index contributed by atoms with van der Waals surface area (Å²) in [7, 11) is 0. The second-order valence-electron chi connectivity index (χ2n) is 6.90. The minimum atomic E-state index is -0.421. The summed E-state index contributed by atoms with van der Waals surface area (Å²) in [6.45, 7) is 12.6. The summed E-state index contributed by atoms with van der Waals surface area (Å²) in [5.74, 6) is -0.00285. The average molecular weight is 305 g/mol. The van der Waals surface area contributed by atoms with Crippen molar-refractivity contribution in [2.24, 2.45) is 5.41 Å². The van der Waals surface area contributed by atoms with Gasteiger partial charge < -0.3 is 15.2 Å². The van der Waals surface area contributed by atoms with E-state index < -0.39 is 5.60 Å². The summed E-state index contributed by atoms with van der Waals surface area (Å²) in [4.78, 5) is 12.0. The molecule has 0 fully saturated rings. The van der Waals surface area contributed by atoms with Crippen molar-refractivity contribution in [1.82, 2.24) is 5.32 Å². The van der Waals surface area contributed by atoms with Crippen molar-refractivity contribution in [2.75, 3.05) is 19.6 Å². The van der Waals surface area contributed by atoms with Crippen LogP contribution in [0.5, 0.6) is 0 Å². The maximum atomic E-state index is 12.0. The lowest BCUT2D eigenvalue weighted by Crippen LogP contribution is -2.41. The number of nitrogens with one attached hydrogen (secondary N) is 1. The van der Waals surface area contributed by atoms with Gasteiger partial charge in [0.1, 0.15) is 6.73 Å². The van der Waals surface area contributed by atoms with Crippen LogP contribution in [0.4, 0.5) is 0 Å². The molecule has 20 heavy (non-hydrogen) atoms. The van der Waals surface area contributed by atoms with Gasteiger partial charge in [-0.1, -0.05) is 27.7 Å². The van der Waals surface area contributed by atoms with Gasteiger partial charge in [0.05, 0.1) is 5.60 Å². The maximum Gasteiger partial charge on any atom is 0.222 e. The van der Waals surface area contributed by atoms with Crippen molar-refractivity contribution in [1.29, 1.82) is 0 Å². The van der Waals surface area contributed by atoms with Gasteiger partial charge in [-0.05, 0) is 31.9 Å². The summed E-state index contributed by atoms with van der Waals surface area (Å²) >= 11 is 1.77. The number of rotatable bonds is 9. The Kier molecular flexibility index (Phi) is 7.56. The molecule has 1 amide bonds. The third-order valence-electron chi connectivity index (χ3n) is 4.19. The molecular formula is C15H31NO3S. The lowest BCUT2D eigenvalue weighted by atomic mass is 9.77. The van der Waals surface area contributed by atoms with E-state index in [0.717, 1.165) is 0 Å². The Morgan fingerprint density at radius 1 is 1.20 bits per heavy atom. The number of thioether (sulfide) groups is 1. The van der Waals surface area contributed by atoms with Crippen LogP contribution in [0.1, 0.15) is 54.4 Å². The van der Waals surface area contributed by atoms with Crippen molar-refractivity contribution < 1.29 is 14.6 Å². The van der Waals surface area contributed by atoms with Crippen LogP contribution in [0.3, 0.4) is 0 Å². The molecule has 0 aromatic heterocycles. The first-order valence-corrected chi connectivity index (χ1v) is 8.26. The molecular weight excluding hydrogens is 274 g/mol. The van der Waals surface area contributed by atoms with Gasteiger partial charge in [0.2, 0.25) is 5.91 Å². The lowest BCUT2D eigenvalue weighted by molar-refractivity contribution is -0.127. The third-order valence-corrected chi connectivity index (χ3v) is 5.76. The van der Waals surface area contributed by atoms with E-state index in [0.29, 0.717) is 12.8 Å². The fraction of sp³-hybridized carbons (Fsp3) is 0.933. The first kappa shape index (κ1) is 19.7. The maximum absolute atomic E-state index is 12.0. The van der Waals surface area contributed by atoms with Crippen LogP contribution < -0.4 is 5.32 Å². The van der Waals surface area contributed by atoms with Gasteiger partial charge in [0.15, 0.2) is 0 Å². The summed E-state index contributed by atoms with van der Waals surface area (Å²) in [6.07, 6.45) is 3.08. The summed E-state index contributed by atoms with van der Waals surface area (Å²) in [5.41, 5.74) is -0.521. The largest absolute Gasteiger partial charge is 0.396 e. The predicted octanol–water partition coefficient (Wildman–Crippen LogP) is 2.80. The summed E-state index contributed by atoms with van der Waals surface area (Å²) < 4.78 is 5.60. The number of aliphatic hydroxyl groups excluding tert-OH is 1. The minimum Gasteiger partial charge on any atom is -0.396 e. The monoisotopic (exact) mass is 305 g/mol. The second-order valence-corrected chi connectivity index (χ2v) is 8.33. The number of hydrogen-bond acceptors (Lipinski definition) is 4. The van der Waals surface area contributed by atoms with E-state index in [4.69, 9.17) is 9.84 Å². The van der Waals surface area contributed by atoms with Crippen molar-refractivity contribution in [3.8, 4) is 0 Å². The number of aliphatic hydroxyl groups is 1. The Morgan fingerprint density at radius 3 is 2.20 bits per heavy atom. The Balaban J connectivity index is 4.25. The molecule has 0 saturated heterocycles. The van der Waals surface area contributed by atoms with Crippen LogP contribution in [0, 0.1) is 5.41 Å². The zero-order chi connectivity index (χ0) is 16.0. The molecule has 0 aliphatic heterocycles. The molecule has 0 aromatic rings. The molecule has 0 unspecified atom stereocenters. The molecule has 0 aromatic carbocycles. The molecule has 0 saturated carbocycles. The molecule has 0 heterocycles. The van der Waals surface area contributed by atoms with Crippen LogP contribution in [-0.2, 0) is 9.53 Å². The fourth-order valence-electron chi connectivity index (χ4n) is 1.61. The van der Waals surface area contributed by atoms with Gasteiger partial charge >= 0.3 is 0 Å². The molecule has 0 spiro atoms. The highest BCUT2D eigenvalue weighted by Gasteiger charge is 2.37. The first-order chi connectivity index (χ1) is 8.97. The zero-order valence-corrected chi connectivity index (χ0v) is 14.8. The average Bonchev–Trinajstić information content (AvgIpc) is 2.27. The molecule has 2 N–H and O–H groups in total. The molecule has 0 aliphatic rings. The topological polar surface area (TPSA) is 58.6 Å². The van der Waals surface area contributed by atoms with Gasteiger partial charge in [-0.15, -0.1) is 0 Å². The minimum absolute atomic E-state index is 0.00285. The smallest absolute Gasteiger partial charge is 0.222 e. The Hall–Kier alpha value is -0.260. The van der Waals surface area contributed by atoms with E-state index in [2.05, 4.69) is 39.3 Å². The van der Waals surface area contributed by atoms with Crippen LogP contribution >= 0.6 is 11.8 Å². The van der Waals surface area contributed by atoms with E-state index in [-0.39, 0.29) is 29.4 Å². The standard InChI is InChI=1S/C15H31NO3S/c1-13(2,15(5,6)20-7)10-12(18)16-11-19-14(3,4)8-9-17/h17H,8-11H2,1-7H3,(H,16,18). The van der Waals surface area contributed by atoms with Gasteiger partial charge in [0.25, 0.3) is 0 Å². The van der Waals surface area contributed by atoms with Crippen LogP contribution in [0.15, 0.2) is 0 Å². The highest BCUT2D eigenvalue weighted by Crippen LogP contribution is 2.42. The summed E-state index contributed by atoms with van der Waals surface area (Å²) in [6, 6.07) is 0. The van der Waals surface area contributed by atoms with Gasteiger partial charge in [-0.2, -0.15) is 11.8 Å². The van der Waals surface area contributed by atoms with Crippen molar-refractivity contribution in [2.45, 2.75) is 64.7 Å². The van der Waals surface area contributed by atoms with Crippen molar-refractivity contribution in [3.63, 3.8) is 0 Å². The summed E-state index contributed by atoms with van der Waals surface area (Å²) in [5, 5.41) is 11.7. The molecule has 0 bridgehead atoms. The number of ether oxygens (including phenoxy) is 1. The molecule has 4 nitrogen and oxygen atoms in total. The SMILES string of the molecule is CSC(C)(C)C(C)(C)CC(=O)NCOC(C)(C)CCO. The molecule has 0 atom stereocenters. The van der Waals surface area contributed by atoms with E-state index in [1.165, 1.54) is 0 Å². The number of carbonyl (C=O) groups excluding carboxylic acids is 1. The normalized spacial score (nSPS) is 13.4. The first-order valence-electron chi connectivity index (χ1n) is 7.04. The quantitative estimate of drug-likeness (QED) is 0.643. The highest BCUT2D eigenvalue weighted by atomic mass is 32.2. The van der Waals surface area contributed by atoms with Gasteiger partial charge in [-0.3, -0.25) is 4.79 Å². The predicted molar refractivity (Wildman–Crippen MR) is 85.9 cm³/mol.